The number of alkyl halides is 1. The van der Waals surface area contributed by atoms with E-state index in [1.807, 2.05) is 4.57 Å². The standard InChI is InChI=1S/C12H12BrClFN3/c1-2-6-18-10(7-14)16-17-12(18)8-4-3-5-9(15)11(8)13/h3-5H,2,6-7H2,1H3. The van der Waals surface area contributed by atoms with Crippen LogP contribution >= 0.6 is 27.5 Å². The lowest BCUT2D eigenvalue weighted by Gasteiger charge is -2.09. The Morgan fingerprint density at radius 3 is 2.83 bits per heavy atom. The molecular weight excluding hydrogens is 321 g/mol. The summed E-state index contributed by atoms with van der Waals surface area (Å²) < 4.78 is 15.9. The summed E-state index contributed by atoms with van der Waals surface area (Å²) in [5, 5.41) is 8.15. The molecule has 0 radical (unpaired) electrons. The smallest absolute Gasteiger partial charge is 0.165 e. The minimum absolute atomic E-state index is 0.292. The Morgan fingerprint density at radius 2 is 2.17 bits per heavy atom. The van der Waals surface area contributed by atoms with E-state index in [0.29, 0.717) is 27.6 Å². The molecule has 2 aromatic rings. The average molecular weight is 333 g/mol. The SMILES string of the molecule is CCCn1c(CCl)nnc1-c1cccc(F)c1Br. The minimum atomic E-state index is -0.314. The van der Waals surface area contributed by atoms with Gasteiger partial charge in [0, 0.05) is 12.1 Å². The monoisotopic (exact) mass is 331 g/mol. The Bertz CT molecular complexity index is 556. The average Bonchev–Trinajstić information content (AvgIpc) is 2.76. The molecule has 0 amide bonds. The van der Waals surface area contributed by atoms with Crippen molar-refractivity contribution >= 4 is 27.5 Å². The second-order valence-corrected chi connectivity index (χ2v) is 4.89. The van der Waals surface area contributed by atoms with Crippen molar-refractivity contribution in [2.45, 2.75) is 25.8 Å². The largest absolute Gasteiger partial charge is 0.310 e. The van der Waals surface area contributed by atoms with Gasteiger partial charge in [0.25, 0.3) is 0 Å². The lowest BCUT2D eigenvalue weighted by Crippen LogP contribution is -2.04. The topological polar surface area (TPSA) is 30.7 Å². The lowest BCUT2D eigenvalue weighted by molar-refractivity contribution is 0.620. The Labute approximate surface area is 118 Å². The van der Waals surface area contributed by atoms with Crippen LogP contribution in [-0.2, 0) is 12.4 Å². The molecule has 2 rings (SSSR count). The summed E-state index contributed by atoms with van der Waals surface area (Å²) in [6.45, 7) is 2.82. The maximum absolute atomic E-state index is 13.5. The van der Waals surface area contributed by atoms with Crippen molar-refractivity contribution in [3.05, 3.63) is 34.3 Å². The maximum Gasteiger partial charge on any atom is 0.165 e. The Balaban J connectivity index is 2.56. The number of hydrogen-bond acceptors (Lipinski definition) is 2. The molecule has 0 aliphatic heterocycles. The second kappa shape index (κ2) is 5.80. The first-order valence-electron chi connectivity index (χ1n) is 5.61. The molecule has 1 heterocycles. The van der Waals surface area contributed by atoms with Gasteiger partial charge in [0.1, 0.15) is 11.6 Å². The molecule has 0 saturated carbocycles. The van der Waals surface area contributed by atoms with Gasteiger partial charge in [0.05, 0.1) is 10.4 Å². The highest BCUT2D eigenvalue weighted by Gasteiger charge is 2.16. The molecule has 3 nitrogen and oxygen atoms in total. The van der Waals surface area contributed by atoms with E-state index >= 15 is 0 Å². The zero-order valence-electron chi connectivity index (χ0n) is 9.83. The van der Waals surface area contributed by atoms with E-state index in [9.17, 15) is 4.39 Å². The van der Waals surface area contributed by atoms with Gasteiger partial charge in [0.2, 0.25) is 0 Å². The molecule has 0 aliphatic carbocycles. The number of nitrogens with zero attached hydrogens (tertiary/aromatic N) is 3. The predicted molar refractivity (Wildman–Crippen MR) is 73.0 cm³/mol. The Morgan fingerprint density at radius 1 is 1.39 bits per heavy atom. The number of benzene rings is 1. The molecule has 1 aromatic heterocycles. The van der Waals surface area contributed by atoms with Crippen molar-refractivity contribution in [1.29, 1.82) is 0 Å². The van der Waals surface area contributed by atoms with Crippen molar-refractivity contribution in [3.63, 3.8) is 0 Å². The van der Waals surface area contributed by atoms with Crippen molar-refractivity contribution in [1.82, 2.24) is 14.8 Å². The Kier molecular flexibility index (Phi) is 4.35. The zero-order chi connectivity index (χ0) is 13.1. The van der Waals surface area contributed by atoms with Crippen molar-refractivity contribution in [2.24, 2.45) is 0 Å². The normalized spacial score (nSPS) is 10.9. The fraction of sp³-hybridized carbons (Fsp3) is 0.333. The van der Waals surface area contributed by atoms with Gasteiger partial charge in [-0.25, -0.2) is 4.39 Å². The fourth-order valence-corrected chi connectivity index (χ4v) is 2.41. The summed E-state index contributed by atoms with van der Waals surface area (Å²) in [6.07, 6.45) is 0.932. The van der Waals surface area contributed by atoms with Gasteiger partial charge in [-0.2, -0.15) is 0 Å². The van der Waals surface area contributed by atoms with Crippen LogP contribution in [0.25, 0.3) is 11.4 Å². The van der Waals surface area contributed by atoms with E-state index in [0.717, 1.165) is 13.0 Å². The van der Waals surface area contributed by atoms with Crippen LogP contribution in [0, 0.1) is 5.82 Å². The van der Waals surface area contributed by atoms with Gasteiger partial charge in [-0.05, 0) is 34.5 Å². The van der Waals surface area contributed by atoms with E-state index in [-0.39, 0.29) is 5.82 Å². The van der Waals surface area contributed by atoms with E-state index in [1.165, 1.54) is 6.07 Å². The highest BCUT2D eigenvalue weighted by atomic mass is 79.9. The van der Waals surface area contributed by atoms with Gasteiger partial charge in [-0.3, -0.25) is 0 Å². The fourth-order valence-electron chi connectivity index (χ4n) is 1.77. The van der Waals surface area contributed by atoms with Crippen LogP contribution in [0.2, 0.25) is 0 Å². The predicted octanol–water partition coefficient (Wildman–Crippen LogP) is 4.00. The summed E-state index contributed by atoms with van der Waals surface area (Å²) in [6, 6.07) is 4.86. The lowest BCUT2D eigenvalue weighted by atomic mass is 10.2. The summed E-state index contributed by atoms with van der Waals surface area (Å²) in [5.41, 5.74) is 0.687. The second-order valence-electron chi connectivity index (χ2n) is 3.83. The highest BCUT2D eigenvalue weighted by Crippen LogP contribution is 2.29. The van der Waals surface area contributed by atoms with Crippen LogP contribution in [-0.4, -0.2) is 14.8 Å². The molecule has 0 saturated heterocycles. The zero-order valence-corrected chi connectivity index (χ0v) is 12.2. The molecule has 0 N–H and O–H groups in total. The van der Waals surface area contributed by atoms with Crippen LogP contribution in [0.4, 0.5) is 4.39 Å². The highest BCUT2D eigenvalue weighted by molar-refractivity contribution is 9.10. The number of aromatic nitrogens is 3. The molecular formula is C12H12BrClFN3. The van der Waals surface area contributed by atoms with Crippen molar-refractivity contribution in [2.75, 3.05) is 0 Å². The molecule has 0 unspecified atom stereocenters. The molecule has 0 bridgehead atoms. The summed E-state index contributed by atoms with van der Waals surface area (Å²) in [5.74, 6) is 1.31. The van der Waals surface area contributed by atoms with E-state index in [1.54, 1.807) is 12.1 Å². The molecule has 0 fully saturated rings. The van der Waals surface area contributed by atoms with E-state index < -0.39 is 0 Å². The maximum atomic E-state index is 13.5. The summed E-state index contributed by atoms with van der Waals surface area (Å²) in [4.78, 5) is 0. The molecule has 0 atom stereocenters. The van der Waals surface area contributed by atoms with Gasteiger partial charge in [0.15, 0.2) is 5.82 Å². The van der Waals surface area contributed by atoms with Crippen LogP contribution in [0.5, 0.6) is 0 Å². The van der Waals surface area contributed by atoms with Gasteiger partial charge in [-0.1, -0.05) is 13.0 Å². The van der Waals surface area contributed by atoms with Crippen LogP contribution < -0.4 is 0 Å². The van der Waals surface area contributed by atoms with Gasteiger partial charge in [-0.15, -0.1) is 21.8 Å². The summed E-state index contributed by atoms with van der Waals surface area (Å²) >= 11 is 9.07. The van der Waals surface area contributed by atoms with Crippen LogP contribution in [0.3, 0.4) is 0 Å². The molecule has 1 aromatic carbocycles. The molecule has 0 aliphatic rings. The minimum Gasteiger partial charge on any atom is -0.310 e. The van der Waals surface area contributed by atoms with E-state index in [4.69, 9.17) is 11.6 Å². The third-order valence-corrected chi connectivity index (χ3v) is 3.63. The molecule has 18 heavy (non-hydrogen) atoms. The van der Waals surface area contributed by atoms with E-state index in [2.05, 4.69) is 33.1 Å². The van der Waals surface area contributed by atoms with Crippen molar-refractivity contribution < 1.29 is 4.39 Å². The van der Waals surface area contributed by atoms with Crippen LogP contribution in [0.15, 0.2) is 22.7 Å². The van der Waals surface area contributed by atoms with Gasteiger partial charge < -0.3 is 4.57 Å². The number of rotatable bonds is 4. The summed E-state index contributed by atoms with van der Waals surface area (Å²) in [7, 11) is 0. The van der Waals surface area contributed by atoms with Crippen LogP contribution in [0.1, 0.15) is 19.2 Å². The first kappa shape index (κ1) is 13.5. The number of hydrogen-bond donors (Lipinski definition) is 0. The van der Waals surface area contributed by atoms with Crippen molar-refractivity contribution in [3.8, 4) is 11.4 Å². The quantitative estimate of drug-likeness (QED) is 0.792. The third kappa shape index (κ3) is 2.42. The number of halogens is 3. The molecule has 96 valence electrons. The molecule has 6 heteroatoms. The third-order valence-electron chi connectivity index (χ3n) is 2.59. The first-order chi connectivity index (χ1) is 8.69. The van der Waals surface area contributed by atoms with Gasteiger partial charge >= 0.3 is 0 Å². The molecule has 0 spiro atoms. The first-order valence-corrected chi connectivity index (χ1v) is 6.94. The Hall–Kier alpha value is -0.940.